The summed E-state index contributed by atoms with van der Waals surface area (Å²) in [4.78, 5) is 0. The van der Waals surface area contributed by atoms with Crippen molar-refractivity contribution in [1.29, 1.82) is 0 Å². The van der Waals surface area contributed by atoms with Crippen LogP contribution in [0.1, 0.15) is 35.3 Å². The number of ether oxygens (including phenoxy) is 1. The van der Waals surface area contributed by atoms with Crippen molar-refractivity contribution in [2.75, 3.05) is 0 Å². The number of benzene rings is 2. The van der Waals surface area contributed by atoms with E-state index in [1.165, 1.54) is 5.56 Å². The lowest BCUT2D eigenvalue weighted by Gasteiger charge is -2.31. The van der Waals surface area contributed by atoms with Gasteiger partial charge in [-0.05, 0) is 19.1 Å². The first kappa shape index (κ1) is 12.7. The lowest BCUT2D eigenvalue weighted by molar-refractivity contribution is 0.161. The summed E-state index contributed by atoms with van der Waals surface area (Å²) < 4.78 is 7.19. The van der Waals surface area contributed by atoms with Gasteiger partial charge in [0.25, 0.3) is 0 Å². The van der Waals surface area contributed by atoms with Crippen molar-refractivity contribution in [2.24, 2.45) is 5.73 Å². The molecule has 0 aromatic heterocycles. The van der Waals surface area contributed by atoms with E-state index in [1.807, 2.05) is 24.3 Å². The van der Waals surface area contributed by atoms with E-state index in [4.69, 9.17) is 10.5 Å². The molecule has 2 aromatic rings. The molecule has 2 N–H and O–H groups in total. The van der Waals surface area contributed by atoms with Crippen LogP contribution < -0.4 is 10.5 Å². The van der Waals surface area contributed by atoms with Crippen LogP contribution in [0.15, 0.2) is 46.9 Å². The minimum atomic E-state index is 0.0146. The van der Waals surface area contributed by atoms with Crippen molar-refractivity contribution < 1.29 is 4.74 Å². The Morgan fingerprint density at radius 2 is 1.95 bits per heavy atom. The zero-order valence-electron chi connectivity index (χ0n) is 10.8. The average molecular weight is 318 g/mol. The maximum Gasteiger partial charge on any atom is 0.127 e. The van der Waals surface area contributed by atoms with E-state index in [9.17, 15) is 0 Å². The maximum absolute atomic E-state index is 6.30. The zero-order chi connectivity index (χ0) is 13.4. The number of fused-ring (bicyclic) bond motifs is 1. The minimum Gasteiger partial charge on any atom is -0.485 e. The molecule has 2 nitrogen and oxygen atoms in total. The highest BCUT2D eigenvalue weighted by Crippen LogP contribution is 2.41. The fraction of sp³-hybridized carbons (Fsp3) is 0.250. The molecule has 3 rings (SSSR count). The van der Waals surface area contributed by atoms with E-state index >= 15 is 0 Å². The van der Waals surface area contributed by atoms with Gasteiger partial charge < -0.3 is 10.5 Å². The van der Waals surface area contributed by atoms with Crippen LogP contribution in [0.5, 0.6) is 5.75 Å². The fourth-order valence-corrected chi connectivity index (χ4v) is 3.09. The van der Waals surface area contributed by atoms with Crippen LogP contribution in [-0.4, -0.2) is 0 Å². The van der Waals surface area contributed by atoms with Gasteiger partial charge >= 0.3 is 0 Å². The summed E-state index contributed by atoms with van der Waals surface area (Å²) in [5.74, 6) is 0.908. The summed E-state index contributed by atoms with van der Waals surface area (Å²) >= 11 is 3.58. The third-order valence-electron chi connectivity index (χ3n) is 3.55. The van der Waals surface area contributed by atoms with Crippen LogP contribution in [0.25, 0.3) is 0 Å². The largest absolute Gasteiger partial charge is 0.485 e. The molecule has 3 heteroatoms. The highest BCUT2D eigenvalue weighted by atomic mass is 79.9. The first-order chi connectivity index (χ1) is 9.15. The Morgan fingerprint density at radius 1 is 1.16 bits per heavy atom. The van der Waals surface area contributed by atoms with Gasteiger partial charge in [0.1, 0.15) is 11.9 Å². The predicted molar refractivity (Wildman–Crippen MR) is 80.2 cm³/mol. The SMILES string of the molecule is Cc1ccc2c(c1)[C@@H](N)CC(c1ccccc1Br)O2. The van der Waals surface area contributed by atoms with E-state index in [0.29, 0.717) is 0 Å². The van der Waals surface area contributed by atoms with Crippen molar-refractivity contribution in [3.63, 3.8) is 0 Å². The lowest BCUT2D eigenvalue weighted by Crippen LogP contribution is -2.24. The molecule has 1 aliphatic rings. The summed E-state index contributed by atoms with van der Waals surface area (Å²) in [6.07, 6.45) is 0.819. The van der Waals surface area contributed by atoms with Crippen molar-refractivity contribution >= 4 is 15.9 Å². The highest BCUT2D eigenvalue weighted by molar-refractivity contribution is 9.10. The van der Waals surface area contributed by atoms with Gasteiger partial charge in [-0.1, -0.05) is 51.8 Å². The van der Waals surface area contributed by atoms with E-state index in [-0.39, 0.29) is 12.1 Å². The molecule has 0 aliphatic carbocycles. The van der Waals surface area contributed by atoms with Crippen LogP contribution >= 0.6 is 15.9 Å². The van der Waals surface area contributed by atoms with E-state index in [0.717, 1.165) is 27.8 Å². The van der Waals surface area contributed by atoms with Gasteiger partial charge in [0, 0.05) is 28.1 Å². The van der Waals surface area contributed by atoms with E-state index in [2.05, 4.69) is 41.1 Å². The smallest absolute Gasteiger partial charge is 0.127 e. The van der Waals surface area contributed by atoms with Gasteiger partial charge in [-0.3, -0.25) is 0 Å². The lowest BCUT2D eigenvalue weighted by atomic mass is 9.93. The quantitative estimate of drug-likeness (QED) is 0.852. The van der Waals surface area contributed by atoms with Crippen LogP contribution in [-0.2, 0) is 0 Å². The molecule has 0 fully saturated rings. The van der Waals surface area contributed by atoms with Crippen molar-refractivity contribution in [3.8, 4) is 5.75 Å². The van der Waals surface area contributed by atoms with Gasteiger partial charge in [0.15, 0.2) is 0 Å². The van der Waals surface area contributed by atoms with Gasteiger partial charge in [-0.15, -0.1) is 0 Å². The third kappa shape index (κ3) is 2.40. The van der Waals surface area contributed by atoms with Crippen LogP contribution in [0.3, 0.4) is 0 Å². The number of halogens is 1. The molecule has 1 unspecified atom stereocenters. The molecular weight excluding hydrogens is 302 g/mol. The molecular formula is C16H16BrNO. The fourth-order valence-electron chi connectivity index (χ4n) is 2.55. The second-order valence-electron chi connectivity index (χ2n) is 5.01. The van der Waals surface area contributed by atoms with Gasteiger partial charge in [0.05, 0.1) is 0 Å². The summed E-state index contributed by atoms with van der Waals surface area (Å²) in [5.41, 5.74) is 9.79. The topological polar surface area (TPSA) is 35.2 Å². The molecule has 19 heavy (non-hydrogen) atoms. The van der Waals surface area contributed by atoms with Gasteiger partial charge in [-0.2, -0.15) is 0 Å². The number of rotatable bonds is 1. The summed E-state index contributed by atoms with van der Waals surface area (Å²) in [6.45, 7) is 2.08. The summed E-state index contributed by atoms with van der Waals surface area (Å²) in [7, 11) is 0. The monoisotopic (exact) mass is 317 g/mol. The first-order valence-electron chi connectivity index (χ1n) is 6.42. The standard InChI is InChI=1S/C16H16BrNO/c1-10-6-7-15-12(8-10)14(18)9-16(19-15)11-4-2-3-5-13(11)17/h2-8,14,16H,9,18H2,1H3/t14-,16?/m0/s1. The molecule has 98 valence electrons. The predicted octanol–water partition coefficient (Wildman–Crippen LogP) is 4.28. The highest BCUT2D eigenvalue weighted by Gasteiger charge is 2.28. The van der Waals surface area contributed by atoms with Crippen molar-refractivity contribution in [3.05, 3.63) is 63.6 Å². The molecule has 0 saturated carbocycles. The van der Waals surface area contributed by atoms with Crippen LogP contribution in [0.4, 0.5) is 0 Å². The second-order valence-corrected chi connectivity index (χ2v) is 5.87. The molecule has 2 aromatic carbocycles. The number of nitrogens with two attached hydrogens (primary N) is 1. The molecule has 2 atom stereocenters. The number of hydrogen-bond donors (Lipinski definition) is 1. The zero-order valence-corrected chi connectivity index (χ0v) is 12.4. The van der Waals surface area contributed by atoms with Gasteiger partial charge in [0.2, 0.25) is 0 Å². The van der Waals surface area contributed by atoms with Gasteiger partial charge in [-0.25, -0.2) is 0 Å². The first-order valence-corrected chi connectivity index (χ1v) is 7.21. The third-order valence-corrected chi connectivity index (χ3v) is 4.28. The van der Waals surface area contributed by atoms with E-state index < -0.39 is 0 Å². The Bertz CT molecular complexity index is 611. The number of aryl methyl sites for hydroxylation is 1. The summed E-state index contributed by atoms with van der Waals surface area (Å²) in [6, 6.07) is 14.4. The molecule has 0 bridgehead atoms. The van der Waals surface area contributed by atoms with Crippen LogP contribution in [0.2, 0.25) is 0 Å². The molecule has 0 spiro atoms. The Balaban J connectivity index is 1.97. The molecule has 0 saturated heterocycles. The summed E-state index contributed by atoms with van der Waals surface area (Å²) in [5, 5.41) is 0. The maximum atomic E-state index is 6.30. The number of hydrogen-bond acceptors (Lipinski definition) is 2. The van der Waals surface area contributed by atoms with E-state index in [1.54, 1.807) is 0 Å². The van der Waals surface area contributed by atoms with Crippen molar-refractivity contribution in [1.82, 2.24) is 0 Å². The Hall–Kier alpha value is -1.32. The Kier molecular flexibility index (Phi) is 3.33. The van der Waals surface area contributed by atoms with Crippen LogP contribution in [0, 0.1) is 6.92 Å². The molecule has 0 radical (unpaired) electrons. The average Bonchev–Trinajstić information content (AvgIpc) is 2.40. The Morgan fingerprint density at radius 3 is 2.74 bits per heavy atom. The molecule has 0 amide bonds. The normalized spacial score (nSPS) is 21.6. The second kappa shape index (κ2) is 4.99. The van der Waals surface area contributed by atoms with Crippen molar-refractivity contribution in [2.45, 2.75) is 25.5 Å². The Labute approximate surface area is 121 Å². The molecule has 1 aliphatic heterocycles. The minimum absolute atomic E-state index is 0.0146. The molecule has 1 heterocycles.